The van der Waals surface area contributed by atoms with Crippen molar-refractivity contribution in [1.29, 1.82) is 0 Å². The zero-order chi connectivity index (χ0) is 15.7. The van der Waals surface area contributed by atoms with Crippen molar-refractivity contribution in [1.82, 2.24) is 0 Å². The van der Waals surface area contributed by atoms with Crippen LogP contribution in [-0.4, -0.2) is 18.2 Å². The highest BCUT2D eigenvalue weighted by molar-refractivity contribution is 5.82. The van der Waals surface area contributed by atoms with Crippen LogP contribution in [0, 0.1) is 0 Å². The van der Waals surface area contributed by atoms with Gasteiger partial charge in [-0.15, -0.1) is 0 Å². The summed E-state index contributed by atoms with van der Waals surface area (Å²) >= 11 is 0. The molecule has 0 unspecified atom stereocenters. The third-order valence-corrected chi connectivity index (χ3v) is 4.16. The average Bonchev–Trinajstić information content (AvgIpc) is 2.46. The van der Waals surface area contributed by atoms with Crippen molar-refractivity contribution in [2.45, 2.75) is 43.7 Å². The van der Waals surface area contributed by atoms with Gasteiger partial charge in [0.1, 0.15) is 5.75 Å². The van der Waals surface area contributed by atoms with E-state index in [2.05, 4.69) is 0 Å². The molecule has 116 valence electrons. The molecule has 0 saturated heterocycles. The first-order valence-electron chi connectivity index (χ1n) is 6.80. The van der Waals surface area contributed by atoms with E-state index in [1.54, 1.807) is 0 Å². The van der Waals surface area contributed by atoms with Gasteiger partial charge in [0.2, 0.25) is 0 Å². The van der Waals surface area contributed by atoms with Crippen molar-refractivity contribution in [3.63, 3.8) is 0 Å². The molecular formula is C15H17F3O3. The molecule has 3 nitrogen and oxygen atoms in total. The third kappa shape index (κ3) is 2.84. The normalized spacial score (nSPS) is 18.3. The lowest BCUT2D eigenvalue weighted by Crippen LogP contribution is -2.38. The smallest absolute Gasteiger partial charge is 0.416 e. The fourth-order valence-corrected chi connectivity index (χ4v) is 3.02. The summed E-state index contributed by atoms with van der Waals surface area (Å²) in [5.41, 5.74) is -1.64. The summed E-state index contributed by atoms with van der Waals surface area (Å²) in [6.45, 7) is 0. The van der Waals surface area contributed by atoms with Gasteiger partial charge in [-0.05, 0) is 25.0 Å². The minimum absolute atomic E-state index is 0.00544. The van der Waals surface area contributed by atoms with E-state index < -0.39 is 23.1 Å². The highest BCUT2D eigenvalue weighted by Gasteiger charge is 2.44. The van der Waals surface area contributed by atoms with Gasteiger partial charge >= 0.3 is 12.1 Å². The molecule has 1 aromatic carbocycles. The number of hydrogen-bond donors (Lipinski definition) is 1. The number of carboxylic acid groups (broad SMARTS) is 1. The zero-order valence-corrected chi connectivity index (χ0v) is 11.7. The highest BCUT2D eigenvalue weighted by Crippen LogP contribution is 2.45. The summed E-state index contributed by atoms with van der Waals surface area (Å²) in [7, 11) is 1.26. The quantitative estimate of drug-likeness (QED) is 0.918. The maximum absolute atomic E-state index is 12.8. The molecular weight excluding hydrogens is 285 g/mol. The van der Waals surface area contributed by atoms with Crippen LogP contribution in [0.1, 0.15) is 43.2 Å². The van der Waals surface area contributed by atoms with Crippen molar-refractivity contribution in [3.05, 3.63) is 29.3 Å². The molecule has 21 heavy (non-hydrogen) atoms. The zero-order valence-electron chi connectivity index (χ0n) is 11.7. The summed E-state index contributed by atoms with van der Waals surface area (Å²) in [6, 6.07) is 3.06. The maximum atomic E-state index is 12.8. The molecule has 0 bridgehead atoms. The van der Waals surface area contributed by atoms with E-state index >= 15 is 0 Å². The average molecular weight is 302 g/mol. The molecule has 0 aromatic heterocycles. The number of methoxy groups -OCH3 is 1. The van der Waals surface area contributed by atoms with Gasteiger partial charge in [0, 0.05) is 5.56 Å². The molecule has 1 aromatic rings. The Hall–Kier alpha value is -1.72. The van der Waals surface area contributed by atoms with Gasteiger partial charge in [-0.1, -0.05) is 25.3 Å². The maximum Gasteiger partial charge on any atom is 0.416 e. The summed E-state index contributed by atoms with van der Waals surface area (Å²) < 4.78 is 43.3. The second-order valence-electron chi connectivity index (χ2n) is 5.36. The topological polar surface area (TPSA) is 46.5 Å². The number of benzene rings is 1. The van der Waals surface area contributed by atoms with Gasteiger partial charge in [0.05, 0.1) is 18.1 Å². The molecule has 0 heterocycles. The standard InChI is InChI=1S/C15H17F3O3/c1-21-12-9-10(15(16,17)18)5-6-11(12)14(13(19)20)7-3-2-4-8-14/h5-6,9H,2-4,7-8H2,1H3,(H,19,20). The lowest BCUT2D eigenvalue weighted by atomic mass is 9.69. The molecule has 1 aliphatic rings. The van der Waals surface area contributed by atoms with E-state index in [1.165, 1.54) is 13.2 Å². The molecule has 1 saturated carbocycles. The SMILES string of the molecule is COc1cc(C(F)(F)F)ccc1C1(C(=O)O)CCCCC1. The summed E-state index contributed by atoms with van der Waals surface area (Å²) in [5.74, 6) is -1.01. The molecule has 1 fully saturated rings. The second-order valence-corrected chi connectivity index (χ2v) is 5.36. The first-order chi connectivity index (χ1) is 9.81. The minimum Gasteiger partial charge on any atom is -0.496 e. The van der Waals surface area contributed by atoms with Crippen molar-refractivity contribution in [2.24, 2.45) is 0 Å². The first kappa shape index (κ1) is 15.7. The van der Waals surface area contributed by atoms with E-state index in [0.717, 1.165) is 31.4 Å². The Bertz CT molecular complexity index is 531. The van der Waals surface area contributed by atoms with E-state index in [1.807, 2.05) is 0 Å². The Kier molecular flexibility index (Phi) is 4.16. The van der Waals surface area contributed by atoms with Gasteiger partial charge in [0.15, 0.2) is 0 Å². The Morgan fingerprint density at radius 1 is 1.24 bits per heavy atom. The molecule has 0 aliphatic heterocycles. The minimum atomic E-state index is -4.48. The molecule has 2 rings (SSSR count). The number of ether oxygens (including phenoxy) is 1. The first-order valence-corrected chi connectivity index (χ1v) is 6.80. The number of halogens is 3. The Balaban J connectivity index is 2.53. The van der Waals surface area contributed by atoms with Crippen LogP contribution in [0.4, 0.5) is 13.2 Å². The predicted molar refractivity (Wildman–Crippen MR) is 70.4 cm³/mol. The lowest BCUT2D eigenvalue weighted by molar-refractivity contribution is -0.145. The molecule has 6 heteroatoms. The summed E-state index contributed by atoms with van der Waals surface area (Å²) in [4.78, 5) is 11.7. The van der Waals surface area contributed by atoms with Crippen LogP contribution >= 0.6 is 0 Å². The summed E-state index contributed by atoms with van der Waals surface area (Å²) in [5, 5.41) is 9.61. The highest BCUT2D eigenvalue weighted by atomic mass is 19.4. The number of hydrogen-bond acceptors (Lipinski definition) is 2. The fourth-order valence-electron chi connectivity index (χ4n) is 3.02. The van der Waals surface area contributed by atoms with E-state index in [0.29, 0.717) is 18.4 Å². The Morgan fingerprint density at radius 2 is 1.86 bits per heavy atom. The second kappa shape index (κ2) is 5.58. The number of carbonyl (C=O) groups is 1. The van der Waals surface area contributed by atoms with Crippen LogP contribution in [0.2, 0.25) is 0 Å². The molecule has 0 amide bonds. The predicted octanol–water partition coefficient (Wildman–Crippen LogP) is 4.00. The van der Waals surface area contributed by atoms with Crippen LogP contribution in [0.5, 0.6) is 5.75 Å². The fraction of sp³-hybridized carbons (Fsp3) is 0.533. The molecule has 0 atom stereocenters. The van der Waals surface area contributed by atoms with E-state index in [4.69, 9.17) is 4.74 Å². The van der Waals surface area contributed by atoms with Crippen molar-refractivity contribution in [2.75, 3.05) is 7.11 Å². The van der Waals surface area contributed by atoms with Gasteiger partial charge in [0.25, 0.3) is 0 Å². The van der Waals surface area contributed by atoms with Crippen LogP contribution in [0.25, 0.3) is 0 Å². The number of alkyl halides is 3. The van der Waals surface area contributed by atoms with Gasteiger partial charge in [-0.2, -0.15) is 13.2 Å². The van der Waals surface area contributed by atoms with E-state index in [9.17, 15) is 23.1 Å². The Labute approximate surface area is 120 Å². The van der Waals surface area contributed by atoms with Gasteiger partial charge < -0.3 is 9.84 Å². The third-order valence-electron chi connectivity index (χ3n) is 4.16. The van der Waals surface area contributed by atoms with Crippen LogP contribution in [0.15, 0.2) is 18.2 Å². The van der Waals surface area contributed by atoms with Crippen molar-refractivity contribution >= 4 is 5.97 Å². The summed E-state index contributed by atoms with van der Waals surface area (Å²) in [6.07, 6.45) is -1.20. The lowest BCUT2D eigenvalue weighted by Gasteiger charge is -2.34. The van der Waals surface area contributed by atoms with Gasteiger partial charge in [-0.3, -0.25) is 4.79 Å². The molecule has 1 aliphatic carbocycles. The largest absolute Gasteiger partial charge is 0.496 e. The van der Waals surface area contributed by atoms with Gasteiger partial charge in [-0.25, -0.2) is 0 Å². The Morgan fingerprint density at radius 3 is 2.33 bits per heavy atom. The van der Waals surface area contributed by atoms with E-state index in [-0.39, 0.29) is 5.75 Å². The van der Waals surface area contributed by atoms with Crippen LogP contribution < -0.4 is 4.74 Å². The molecule has 0 radical (unpaired) electrons. The number of rotatable bonds is 3. The molecule has 0 spiro atoms. The van der Waals surface area contributed by atoms with Crippen LogP contribution in [0.3, 0.4) is 0 Å². The van der Waals surface area contributed by atoms with Crippen LogP contribution in [-0.2, 0) is 16.4 Å². The number of carboxylic acids is 1. The van der Waals surface area contributed by atoms with Crippen molar-refractivity contribution < 1.29 is 27.8 Å². The van der Waals surface area contributed by atoms with Crippen molar-refractivity contribution in [3.8, 4) is 5.75 Å². The number of aliphatic carboxylic acids is 1. The monoisotopic (exact) mass is 302 g/mol. The molecule has 1 N–H and O–H groups in total.